The summed E-state index contributed by atoms with van der Waals surface area (Å²) >= 11 is 3.01. The van der Waals surface area contributed by atoms with Crippen molar-refractivity contribution in [2.75, 3.05) is 36.8 Å². The fourth-order valence-electron chi connectivity index (χ4n) is 3.03. The zero-order valence-electron chi connectivity index (χ0n) is 15.1. The summed E-state index contributed by atoms with van der Waals surface area (Å²) in [4.78, 5) is 17.8. The standard InChI is InChI=1S/C18H19FN6OS2/c19-14-3-5-15(6-4-14)23-7-9-24(10-8-23)17(26)13-28-18-20-21-22-25(18)12-16-2-1-11-27-16/h1-6,11H,7-10,12-13H2. The quantitative estimate of drug-likeness (QED) is 0.573. The molecule has 1 aliphatic heterocycles. The van der Waals surface area contributed by atoms with Gasteiger partial charge < -0.3 is 9.80 Å². The first-order chi connectivity index (χ1) is 13.7. The lowest BCUT2D eigenvalue weighted by molar-refractivity contribution is -0.128. The van der Waals surface area contributed by atoms with Crippen LogP contribution in [0.3, 0.4) is 0 Å². The normalized spacial score (nSPS) is 14.5. The van der Waals surface area contributed by atoms with Gasteiger partial charge in [-0.15, -0.1) is 16.4 Å². The summed E-state index contributed by atoms with van der Waals surface area (Å²) in [5.74, 6) is 0.145. The Hall–Kier alpha value is -2.46. The molecule has 7 nitrogen and oxygen atoms in total. The number of carbonyl (C=O) groups is 1. The van der Waals surface area contributed by atoms with Gasteiger partial charge in [0.15, 0.2) is 0 Å². The Morgan fingerprint density at radius 1 is 1.14 bits per heavy atom. The lowest BCUT2D eigenvalue weighted by Gasteiger charge is -2.36. The van der Waals surface area contributed by atoms with Crippen LogP contribution < -0.4 is 4.90 Å². The second-order valence-electron chi connectivity index (χ2n) is 6.33. The summed E-state index contributed by atoms with van der Waals surface area (Å²) in [6.07, 6.45) is 0. The maximum absolute atomic E-state index is 13.1. The van der Waals surface area contributed by atoms with Gasteiger partial charge in [0.25, 0.3) is 0 Å². The number of aromatic nitrogens is 4. The highest BCUT2D eigenvalue weighted by molar-refractivity contribution is 7.99. The summed E-state index contributed by atoms with van der Waals surface area (Å²) in [5.41, 5.74) is 0.982. The number of thioether (sulfide) groups is 1. The first-order valence-electron chi connectivity index (χ1n) is 8.89. The molecule has 10 heteroatoms. The van der Waals surface area contributed by atoms with Crippen molar-refractivity contribution in [2.45, 2.75) is 11.7 Å². The van der Waals surface area contributed by atoms with Gasteiger partial charge in [-0.1, -0.05) is 17.8 Å². The minimum absolute atomic E-state index is 0.0782. The number of hydrogen-bond donors (Lipinski definition) is 0. The Morgan fingerprint density at radius 3 is 2.64 bits per heavy atom. The smallest absolute Gasteiger partial charge is 0.233 e. The van der Waals surface area contributed by atoms with Crippen molar-refractivity contribution in [1.82, 2.24) is 25.1 Å². The number of carbonyl (C=O) groups excluding carboxylic acids is 1. The predicted octanol–water partition coefficient (Wildman–Crippen LogP) is 2.36. The molecule has 0 unspecified atom stereocenters. The van der Waals surface area contributed by atoms with Crippen LogP contribution in [0.4, 0.5) is 10.1 Å². The Balaban J connectivity index is 1.27. The van der Waals surface area contributed by atoms with Gasteiger partial charge in [-0.25, -0.2) is 9.07 Å². The summed E-state index contributed by atoms with van der Waals surface area (Å²) < 4.78 is 14.8. The average Bonchev–Trinajstić information content (AvgIpc) is 3.39. The summed E-state index contributed by atoms with van der Waals surface area (Å²) in [6, 6.07) is 10.5. The molecule has 0 atom stereocenters. The molecule has 28 heavy (non-hydrogen) atoms. The molecule has 1 aliphatic rings. The molecule has 0 N–H and O–H groups in total. The summed E-state index contributed by atoms with van der Waals surface area (Å²) in [7, 11) is 0. The van der Waals surface area contributed by atoms with E-state index in [2.05, 4.69) is 20.4 Å². The third kappa shape index (κ3) is 4.50. The number of halogens is 1. The van der Waals surface area contributed by atoms with Gasteiger partial charge in [-0.3, -0.25) is 4.79 Å². The molecule has 1 amide bonds. The van der Waals surface area contributed by atoms with Gasteiger partial charge in [-0.05, 0) is 46.1 Å². The minimum Gasteiger partial charge on any atom is -0.368 e. The van der Waals surface area contributed by atoms with E-state index in [1.54, 1.807) is 28.2 Å². The molecule has 0 aliphatic carbocycles. The fourth-order valence-corrected chi connectivity index (χ4v) is 4.50. The Morgan fingerprint density at radius 2 is 1.93 bits per heavy atom. The molecule has 2 aromatic heterocycles. The number of piperazine rings is 1. The molecule has 146 valence electrons. The van der Waals surface area contributed by atoms with Gasteiger partial charge in [0.1, 0.15) is 5.82 Å². The third-order valence-electron chi connectivity index (χ3n) is 4.53. The maximum Gasteiger partial charge on any atom is 0.233 e. The van der Waals surface area contributed by atoms with Crippen LogP contribution in [0.1, 0.15) is 4.88 Å². The number of thiophene rings is 1. The molecule has 4 rings (SSSR count). The molecule has 1 aromatic carbocycles. The van der Waals surface area contributed by atoms with Crippen LogP contribution >= 0.6 is 23.1 Å². The molecule has 3 aromatic rings. The number of rotatable bonds is 6. The van der Waals surface area contributed by atoms with Crippen molar-refractivity contribution >= 4 is 34.7 Å². The highest BCUT2D eigenvalue weighted by Crippen LogP contribution is 2.20. The third-order valence-corrected chi connectivity index (χ3v) is 6.34. The van der Waals surface area contributed by atoms with Gasteiger partial charge in [-0.2, -0.15) is 0 Å². The SMILES string of the molecule is O=C(CSc1nnnn1Cc1cccs1)N1CCN(c2ccc(F)cc2)CC1. The first kappa shape index (κ1) is 18.9. The zero-order valence-corrected chi connectivity index (χ0v) is 16.7. The van der Waals surface area contributed by atoms with Crippen LogP contribution in [-0.4, -0.2) is 62.9 Å². The average molecular weight is 419 g/mol. The van der Waals surface area contributed by atoms with E-state index in [-0.39, 0.29) is 11.7 Å². The monoisotopic (exact) mass is 418 g/mol. The number of tetrazole rings is 1. The van der Waals surface area contributed by atoms with E-state index in [0.717, 1.165) is 23.7 Å². The van der Waals surface area contributed by atoms with Crippen LogP contribution in [0.25, 0.3) is 0 Å². The van der Waals surface area contributed by atoms with Crippen LogP contribution in [-0.2, 0) is 11.3 Å². The van der Waals surface area contributed by atoms with Crippen LogP contribution in [0.15, 0.2) is 46.9 Å². The van der Waals surface area contributed by atoms with Crippen molar-refractivity contribution in [3.05, 3.63) is 52.5 Å². The molecular weight excluding hydrogens is 399 g/mol. The van der Waals surface area contributed by atoms with Crippen molar-refractivity contribution in [1.29, 1.82) is 0 Å². The molecule has 0 spiro atoms. The molecule has 0 bridgehead atoms. The van der Waals surface area contributed by atoms with Crippen molar-refractivity contribution in [2.24, 2.45) is 0 Å². The minimum atomic E-state index is -0.240. The van der Waals surface area contributed by atoms with E-state index < -0.39 is 0 Å². The molecule has 3 heterocycles. The molecule has 1 saturated heterocycles. The molecule has 0 radical (unpaired) electrons. The van der Waals surface area contributed by atoms with Crippen molar-refractivity contribution in [3.8, 4) is 0 Å². The van der Waals surface area contributed by atoms with Gasteiger partial charge in [0.05, 0.1) is 12.3 Å². The van der Waals surface area contributed by atoms with E-state index in [1.165, 1.54) is 23.9 Å². The molecule has 0 saturated carbocycles. The van der Waals surface area contributed by atoms with Crippen LogP contribution in [0.5, 0.6) is 0 Å². The molecular formula is C18H19FN6OS2. The summed E-state index contributed by atoms with van der Waals surface area (Å²) in [5, 5.41) is 14.4. The Kier molecular flexibility index (Phi) is 5.87. The van der Waals surface area contributed by atoms with Crippen LogP contribution in [0, 0.1) is 5.82 Å². The largest absolute Gasteiger partial charge is 0.368 e. The first-order valence-corrected chi connectivity index (χ1v) is 10.8. The number of hydrogen-bond acceptors (Lipinski definition) is 7. The van der Waals surface area contributed by atoms with Gasteiger partial charge in [0, 0.05) is 36.7 Å². The van der Waals surface area contributed by atoms with Crippen LogP contribution in [0.2, 0.25) is 0 Å². The zero-order chi connectivity index (χ0) is 19.3. The number of nitrogens with zero attached hydrogens (tertiary/aromatic N) is 6. The highest BCUT2D eigenvalue weighted by Gasteiger charge is 2.22. The van der Waals surface area contributed by atoms with E-state index in [0.29, 0.717) is 30.5 Å². The number of anilines is 1. The predicted molar refractivity (Wildman–Crippen MR) is 107 cm³/mol. The Labute approximate surface area is 170 Å². The second kappa shape index (κ2) is 8.70. The summed E-state index contributed by atoms with van der Waals surface area (Å²) in [6.45, 7) is 3.38. The van der Waals surface area contributed by atoms with E-state index in [1.807, 2.05) is 22.4 Å². The number of benzene rings is 1. The van der Waals surface area contributed by atoms with E-state index in [4.69, 9.17) is 0 Å². The van der Waals surface area contributed by atoms with Crippen molar-refractivity contribution < 1.29 is 9.18 Å². The number of amides is 1. The van der Waals surface area contributed by atoms with E-state index >= 15 is 0 Å². The second-order valence-corrected chi connectivity index (χ2v) is 8.31. The van der Waals surface area contributed by atoms with Gasteiger partial charge >= 0.3 is 0 Å². The highest BCUT2D eigenvalue weighted by atomic mass is 32.2. The maximum atomic E-state index is 13.1. The lowest BCUT2D eigenvalue weighted by Crippen LogP contribution is -2.49. The van der Waals surface area contributed by atoms with Crippen molar-refractivity contribution in [3.63, 3.8) is 0 Å². The fraction of sp³-hybridized carbons (Fsp3) is 0.333. The van der Waals surface area contributed by atoms with E-state index in [9.17, 15) is 9.18 Å². The topological polar surface area (TPSA) is 67.2 Å². The lowest BCUT2D eigenvalue weighted by atomic mass is 10.2. The Bertz CT molecular complexity index is 907. The van der Waals surface area contributed by atoms with Gasteiger partial charge in [0.2, 0.25) is 11.1 Å². The molecule has 1 fully saturated rings.